The SMILES string of the molecule is O=[N+]([O-])c1cc([N+](=O)[O-])c(O)c([N+](=O)[O-])c1.[O-][Cl+2]([O-])O. The van der Waals surface area contributed by atoms with E-state index in [1.165, 1.54) is 0 Å². The van der Waals surface area contributed by atoms with Gasteiger partial charge < -0.3 is 14.4 Å². The normalized spacial score (nSPS) is 9.60. The Bertz CT molecular complexity index is 508. The third-order valence-electron chi connectivity index (χ3n) is 1.66. The summed E-state index contributed by atoms with van der Waals surface area (Å²) < 4.78 is 24.0. The maximum Gasteiger partial charge on any atom is 0.324 e. The summed E-state index contributed by atoms with van der Waals surface area (Å²) in [5, 5.41) is 40.2. The lowest BCUT2D eigenvalue weighted by Crippen LogP contribution is -2.30. The van der Waals surface area contributed by atoms with Gasteiger partial charge in [-0.05, 0) is 0 Å². The van der Waals surface area contributed by atoms with Crippen molar-refractivity contribution in [1.29, 1.82) is 0 Å². The van der Waals surface area contributed by atoms with Gasteiger partial charge in [-0.1, -0.05) is 0 Å². The molecule has 0 aromatic heterocycles. The Morgan fingerprint density at radius 3 is 1.40 bits per heavy atom. The molecule has 0 amide bonds. The summed E-state index contributed by atoms with van der Waals surface area (Å²) in [4.78, 5) is 27.8. The van der Waals surface area contributed by atoms with Gasteiger partial charge in [-0.2, -0.15) is 0 Å². The average Bonchev–Trinajstić information content (AvgIpc) is 2.27. The average molecular weight is 314 g/mol. The number of phenolic OH excluding ortho intramolecular Hbond substituents is 1. The van der Waals surface area contributed by atoms with Crippen LogP contribution in [0.2, 0.25) is 0 Å². The van der Waals surface area contributed by atoms with Crippen molar-refractivity contribution >= 4 is 17.1 Å². The second-order valence-corrected chi connectivity index (χ2v) is 3.21. The van der Waals surface area contributed by atoms with Crippen molar-refractivity contribution in [2.45, 2.75) is 0 Å². The minimum atomic E-state index is -2.60. The summed E-state index contributed by atoms with van der Waals surface area (Å²) in [6.45, 7) is 0. The molecule has 0 atom stereocenters. The summed E-state index contributed by atoms with van der Waals surface area (Å²) in [5.74, 6) is -1.21. The van der Waals surface area contributed by atoms with E-state index in [9.17, 15) is 30.3 Å². The van der Waals surface area contributed by atoms with Crippen LogP contribution in [-0.4, -0.2) is 24.5 Å². The smallest absolute Gasteiger partial charge is 0.324 e. The molecule has 110 valence electrons. The largest absolute Gasteiger partial charge is 0.497 e. The molecule has 1 aromatic carbocycles. The van der Waals surface area contributed by atoms with E-state index in [0.717, 1.165) is 0 Å². The summed E-state index contributed by atoms with van der Waals surface area (Å²) in [5.41, 5.74) is -3.00. The Morgan fingerprint density at radius 1 is 0.900 bits per heavy atom. The number of hydrogen-bond donors (Lipinski definition) is 2. The maximum absolute atomic E-state index is 10.4. The molecule has 0 bridgehead atoms. The molecule has 20 heavy (non-hydrogen) atoms. The summed E-state index contributed by atoms with van der Waals surface area (Å²) in [6.07, 6.45) is 0. The van der Waals surface area contributed by atoms with E-state index >= 15 is 0 Å². The number of hydrogen-bond acceptors (Lipinski definition) is 10. The lowest BCUT2D eigenvalue weighted by molar-refractivity contribution is -1.63. The molecule has 14 heteroatoms. The number of rotatable bonds is 3. The molecule has 0 fully saturated rings. The Labute approximate surface area is 111 Å². The third kappa shape index (κ3) is 4.94. The van der Waals surface area contributed by atoms with Gasteiger partial charge in [0.1, 0.15) is 0 Å². The van der Waals surface area contributed by atoms with Crippen molar-refractivity contribution in [3.63, 3.8) is 0 Å². The fraction of sp³-hybridized carbons (Fsp3) is 0. The number of nitro groups is 3. The zero-order valence-electron chi connectivity index (χ0n) is 9.03. The Hall–Kier alpha value is -2.61. The van der Waals surface area contributed by atoms with Gasteiger partial charge in [0, 0.05) is 4.66 Å². The van der Waals surface area contributed by atoms with Crippen LogP contribution < -0.4 is 9.32 Å². The van der Waals surface area contributed by atoms with E-state index in [0.29, 0.717) is 12.1 Å². The molecule has 0 aliphatic heterocycles. The van der Waals surface area contributed by atoms with Crippen molar-refractivity contribution in [2.75, 3.05) is 0 Å². The number of phenols is 1. The van der Waals surface area contributed by atoms with E-state index in [4.69, 9.17) is 19.1 Å². The van der Waals surface area contributed by atoms with Gasteiger partial charge >= 0.3 is 11.4 Å². The molecule has 13 nitrogen and oxygen atoms in total. The summed E-state index contributed by atoms with van der Waals surface area (Å²) in [7, 11) is -2.60. The van der Waals surface area contributed by atoms with Crippen LogP contribution in [0.15, 0.2) is 12.1 Å². The van der Waals surface area contributed by atoms with E-state index in [1.54, 1.807) is 0 Å². The number of benzene rings is 1. The quantitative estimate of drug-likeness (QED) is 0.470. The molecule has 0 aliphatic rings. The molecule has 1 rings (SSSR count). The van der Waals surface area contributed by atoms with E-state index < -0.39 is 48.4 Å². The molecule has 0 spiro atoms. The van der Waals surface area contributed by atoms with Crippen LogP contribution >= 0.6 is 0 Å². The second kappa shape index (κ2) is 7.10. The first-order chi connectivity index (χ1) is 9.07. The minimum absolute atomic E-state index is 0.447. The van der Waals surface area contributed by atoms with Crippen LogP contribution in [-0.2, 0) is 0 Å². The minimum Gasteiger partial charge on any atom is -0.497 e. The molecular formula is C6H4ClN3O10. The fourth-order valence-electron chi connectivity index (χ4n) is 0.974. The first-order valence-electron chi connectivity index (χ1n) is 4.12. The molecule has 0 aliphatic carbocycles. The molecule has 1 aromatic rings. The molecule has 0 saturated heterocycles. The molecular weight excluding hydrogens is 310 g/mol. The van der Waals surface area contributed by atoms with Crippen molar-refractivity contribution in [1.82, 2.24) is 0 Å². The summed E-state index contributed by atoms with van der Waals surface area (Å²) in [6, 6.07) is 0.894. The van der Waals surface area contributed by atoms with Crippen LogP contribution in [0.3, 0.4) is 0 Å². The van der Waals surface area contributed by atoms with Crippen LogP contribution in [0.1, 0.15) is 0 Å². The Morgan fingerprint density at radius 2 is 1.20 bits per heavy atom. The Kier molecular flexibility index (Phi) is 6.17. The van der Waals surface area contributed by atoms with Crippen LogP contribution in [0, 0.1) is 41.1 Å². The Balaban J connectivity index is 0.000000796. The van der Waals surface area contributed by atoms with Crippen molar-refractivity contribution in [3.8, 4) is 5.75 Å². The zero-order valence-corrected chi connectivity index (χ0v) is 9.79. The zero-order chi connectivity index (χ0) is 16.0. The highest BCUT2D eigenvalue weighted by Crippen LogP contribution is 2.38. The van der Waals surface area contributed by atoms with Gasteiger partial charge in [0.2, 0.25) is 0 Å². The fourth-order valence-corrected chi connectivity index (χ4v) is 0.974. The highest BCUT2D eigenvalue weighted by Gasteiger charge is 2.29. The standard InChI is InChI=1S/C6H3N3O7.ClHO3/c10-6-4(8(13)14)1-3(7(11)12)2-5(6)9(15)16;2-1(3)4/h1-2,10H;2H. The monoisotopic (exact) mass is 313 g/mol. The van der Waals surface area contributed by atoms with Crippen LogP contribution in [0.5, 0.6) is 5.75 Å². The van der Waals surface area contributed by atoms with E-state index in [1.807, 2.05) is 0 Å². The van der Waals surface area contributed by atoms with E-state index in [2.05, 4.69) is 0 Å². The predicted molar refractivity (Wildman–Crippen MR) is 50.3 cm³/mol. The van der Waals surface area contributed by atoms with Crippen LogP contribution in [0.25, 0.3) is 0 Å². The lowest BCUT2D eigenvalue weighted by atomic mass is 10.2. The molecule has 2 N–H and O–H groups in total. The maximum atomic E-state index is 10.4. The summed E-state index contributed by atoms with van der Waals surface area (Å²) >= 11 is 0. The highest BCUT2D eigenvalue weighted by molar-refractivity contribution is 5.64. The number of nitro benzene ring substituents is 3. The predicted octanol–water partition coefficient (Wildman–Crippen LogP) is -1.82. The molecule has 0 heterocycles. The molecule has 0 unspecified atom stereocenters. The van der Waals surface area contributed by atoms with E-state index in [-0.39, 0.29) is 0 Å². The van der Waals surface area contributed by atoms with Crippen LogP contribution in [0.4, 0.5) is 17.1 Å². The number of non-ortho nitro benzene ring substituents is 1. The molecule has 0 saturated carbocycles. The van der Waals surface area contributed by atoms with Gasteiger partial charge in [0.25, 0.3) is 22.2 Å². The molecule has 0 radical (unpaired) electrons. The lowest BCUT2D eigenvalue weighted by Gasteiger charge is -1.97. The van der Waals surface area contributed by atoms with Crippen molar-refractivity contribution in [2.24, 2.45) is 0 Å². The number of halogens is 1. The highest BCUT2D eigenvalue weighted by atomic mass is 35.6. The first kappa shape index (κ1) is 17.4. The van der Waals surface area contributed by atoms with Gasteiger partial charge in [0.15, 0.2) is 0 Å². The van der Waals surface area contributed by atoms with Gasteiger partial charge in [0.05, 0.1) is 26.9 Å². The topological polar surface area (TPSA) is 216 Å². The van der Waals surface area contributed by atoms with Gasteiger partial charge in [-0.3, -0.25) is 30.3 Å². The van der Waals surface area contributed by atoms with Gasteiger partial charge in [-0.25, -0.2) is 0 Å². The second-order valence-electron chi connectivity index (χ2n) is 2.80. The van der Waals surface area contributed by atoms with Crippen molar-refractivity contribution in [3.05, 3.63) is 42.5 Å². The van der Waals surface area contributed by atoms with Gasteiger partial charge in [-0.15, -0.1) is 0 Å². The van der Waals surface area contributed by atoms with Crippen molar-refractivity contribution < 1.29 is 44.6 Å². The first-order valence-corrected chi connectivity index (χ1v) is 5.08. The third-order valence-corrected chi connectivity index (χ3v) is 1.66. The number of aromatic hydroxyl groups is 1. The number of nitrogens with zero attached hydrogens (tertiary/aromatic N) is 3.